The average Bonchev–Trinajstić information content (AvgIpc) is 3.05. The number of furan rings is 1. The molecular formula is C16H14N2O2. The van der Waals surface area contributed by atoms with Crippen LogP contribution in [0.1, 0.15) is 27.3 Å². The number of carbonyl (C=O) groups excluding carboxylic acids is 1. The molecule has 0 radical (unpaired) electrons. The zero-order valence-electron chi connectivity index (χ0n) is 11.3. The summed E-state index contributed by atoms with van der Waals surface area (Å²) in [6, 6.07) is 5.42. The average molecular weight is 266 g/mol. The molecule has 0 aliphatic heterocycles. The molecule has 0 saturated heterocycles. The Balaban J connectivity index is 1.92. The van der Waals surface area contributed by atoms with Gasteiger partial charge in [0.05, 0.1) is 18.2 Å². The summed E-state index contributed by atoms with van der Waals surface area (Å²) in [5.41, 5.74) is 4.35. The largest absolute Gasteiger partial charge is 0.472 e. The predicted molar refractivity (Wildman–Crippen MR) is 76.7 cm³/mol. The molecule has 3 aromatic rings. The van der Waals surface area contributed by atoms with Gasteiger partial charge in [-0.15, -0.1) is 0 Å². The third kappa shape index (κ3) is 2.16. The van der Waals surface area contributed by atoms with Crippen molar-refractivity contribution in [1.29, 1.82) is 0 Å². The maximum absolute atomic E-state index is 12.1. The normalized spacial score (nSPS) is 11.5. The van der Waals surface area contributed by atoms with Gasteiger partial charge in [0, 0.05) is 23.0 Å². The van der Waals surface area contributed by atoms with Crippen LogP contribution >= 0.6 is 0 Å². The van der Waals surface area contributed by atoms with Gasteiger partial charge in [0.2, 0.25) is 0 Å². The number of pyridine rings is 1. The molecule has 0 amide bonds. The van der Waals surface area contributed by atoms with E-state index in [0.717, 1.165) is 22.6 Å². The van der Waals surface area contributed by atoms with E-state index in [0.29, 0.717) is 5.56 Å². The van der Waals surface area contributed by atoms with E-state index in [1.54, 1.807) is 30.7 Å². The van der Waals surface area contributed by atoms with Crippen molar-refractivity contribution in [1.82, 2.24) is 9.38 Å². The van der Waals surface area contributed by atoms with Gasteiger partial charge in [0.1, 0.15) is 5.65 Å². The lowest BCUT2D eigenvalue weighted by molar-refractivity contribution is 0.104. The van der Waals surface area contributed by atoms with Crippen molar-refractivity contribution in [2.45, 2.75) is 13.8 Å². The lowest BCUT2D eigenvalue weighted by Gasteiger charge is -1.99. The lowest BCUT2D eigenvalue weighted by Crippen LogP contribution is -1.96. The van der Waals surface area contributed by atoms with Gasteiger partial charge in [0.15, 0.2) is 5.78 Å². The van der Waals surface area contributed by atoms with Crippen molar-refractivity contribution in [2.24, 2.45) is 0 Å². The summed E-state index contributed by atoms with van der Waals surface area (Å²) in [5.74, 6) is -0.0491. The van der Waals surface area contributed by atoms with Crippen molar-refractivity contribution in [2.75, 3.05) is 0 Å². The molecule has 0 fully saturated rings. The van der Waals surface area contributed by atoms with Gasteiger partial charge in [-0.3, -0.25) is 4.79 Å². The number of allylic oxidation sites excluding steroid dienone is 1. The summed E-state index contributed by atoms with van der Waals surface area (Å²) in [6.07, 6.45) is 8.32. The van der Waals surface area contributed by atoms with E-state index in [9.17, 15) is 4.79 Å². The van der Waals surface area contributed by atoms with Crippen LogP contribution in [0, 0.1) is 13.8 Å². The van der Waals surface area contributed by atoms with Crippen LogP contribution in [0.25, 0.3) is 11.7 Å². The van der Waals surface area contributed by atoms with Crippen molar-refractivity contribution in [3.63, 3.8) is 0 Å². The minimum absolute atomic E-state index is 0.0491. The standard InChI is InChI=1S/C16H14N2O2/c1-11-12(2)18-7-5-14(9-16(18)17-11)15(19)4-3-13-6-8-20-10-13/h3-10H,1-2H3. The number of ketones is 1. The Labute approximate surface area is 116 Å². The predicted octanol–water partition coefficient (Wildman–Crippen LogP) is 3.44. The van der Waals surface area contributed by atoms with Crippen LogP contribution in [0.4, 0.5) is 0 Å². The second-order valence-electron chi connectivity index (χ2n) is 4.68. The first-order chi connectivity index (χ1) is 9.65. The third-order valence-electron chi connectivity index (χ3n) is 3.36. The molecule has 20 heavy (non-hydrogen) atoms. The molecule has 0 aliphatic carbocycles. The first kappa shape index (κ1) is 12.4. The second kappa shape index (κ2) is 4.81. The highest BCUT2D eigenvalue weighted by molar-refractivity contribution is 6.07. The number of nitrogens with zero attached hydrogens (tertiary/aromatic N) is 2. The van der Waals surface area contributed by atoms with Gasteiger partial charge in [-0.1, -0.05) is 0 Å². The molecule has 0 N–H and O–H groups in total. The van der Waals surface area contributed by atoms with E-state index >= 15 is 0 Å². The number of fused-ring (bicyclic) bond motifs is 1. The molecular weight excluding hydrogens is 252 g/mol. The Morgan fingerprint density at radius 1 is 1.35 bits per heavy atom. The molecule has 100 valence electrons. The molecule has 4 heteroatoms. The van der Waals surface area contributed by atoms with Crippen LogP contribution in [0.2, 0.25) is 0 Å². The van der Waals surface area contributed by atoms with Crippen LogP contribution in [0.5, 0.6) is 0 Å². The molecule has 0 bridgehead atoms. The number of aromatic nitrogens is 2. The van der Waals surface area contributed by atoms with E-state index in [-0.39, 0.29) is 5.78 Å². The lowest BCUT2D eigenvalue weighted by atomic mass is 10.1. The Morgan fingerprint density at radius 3 is 2.95 bits per heavy atom. The Morgan fingerprint density at radius 2 is 2.20 bits per heavy atom. The number of hydrogen-bond acceptors (Lipinski definition) is 3. The number of rotatable bonds is 3. The fraction of sp³-hybridized carbons (Fsp3) is 0.125. The van der Waals surface area contributed by atoms with E-state index in [4.69, 9.17) is 4.42 Å². The summed E-state index contributed by atoms with van der Waals surface area (Å²) in [5, 5.41) is 0. The maximum atomic E-state index is 12.1. The molecule has 3 heterocycles. The zero-order chi connectivity index (χ0) is 14.1. The molecule has 0 atom stereocenters. The number of aryl methyl sites for hydroxylation is 2. The Kier molecular flexibility index (Phi) is 2.99. The second-order valence-corrected chi connectivity index (χ2v) is 4.68. The molecule has 0 saturated carbocycles. The summed E-state index contributed by atoms with van der Waals surface area (Å²) < 4.78 is 6.93. The van der Waals surface area contributed by atoms with E-state index in [2.05, 4.69) is 4.98 Å². The molecule has 0 unspecified atom stereocenters. The van der Waals surface area contributed by atoms with Gasteiger partial charge in [-0.05, 0) is 44.2 Å². The highest BCUT2D eigenvalue weighted by Crippen LogP contribution is 2.14. The fourth-order valence-electron chi connectivity index (χ4n) is 2.08. The minimum atomic E-state index is -0.0491. The molecule has 3 rings (SSSR count). The van der Waals surface area contributed by atoms with Crippen molar-refractivity contribution in [3.05, 3.63) is 65.5 Å². The van der Waals surface area contributed by atoms with E-state index < -0.39 is 0 Å². The smallest absolute Gasteiger partial charge is 0.186 e. The number of imidazole rings is 1. The highest BCUT2D eigenvalue weighted by Gasteiger charge is 2.07. The summed E-state index contributed by atoms with van der Waals surface area (Å²) in [4.78, 5) is 16.6. The molecule has 3 aromatic heterocycles. The third-order valence-corrected chi connectivity index (χ3v) is 3.36. The van der Waals surface area contributed by atoms with Gasteiger partial charge < -0.3 is 8.82 Å². The molecule has 4 nitrogen and oxygen atoms in total. The maximum Gasteiger partial charge on any atom is 0.186 e. The van der Waals surface area contributed by atoms with Crippen LogP contribution in [-0.2, 0) is 0 Å². The van der Waals surface area contributed by atoms with Crippen molar-refractivity contribution < 1.29 is 9.21 Å². The SMILES string of the molecule is Cc1nc2cc(C(=O)C=Cc3ccoc3)ccn2c1C. The molecule has 0 aromatic carbocycles. The first-order valence-corrected chi connectivity index (χ1v) is 6.35. The van der Waals surface area contributed by atoms with Crippen LogP contribution in [0.3, 0.4) is 0 Å². The minimum Gasteiger partial charge on any atom is -0.472 e. The molecule has 0 aliphatic rings. The number of hydrogen-bond donors (Lipinski definition) is 0. The van der Waals surface area contributed by atoms with Crippen molar-refractivity contribution in [3.8, 4) is 0 Å². The van der Waals surface area contributed by atoms with Crippen LogP contribution < -0.4 is 0 Å². The van der Waals surface area contributed by atoms with Gasteiger partial charge in [0.25, 0.3) is 0 Å². The highest BCUT2D eigenvalue weighted by atomic mass is 16.3. The summed E-state index contributed by atoms with van der Waals surface area (Å²) >= 11 is 0. The number of carbonyl (C=O) groups is 1. The first-order valence-electron chi connectivity index (χ1n) is 6.35. The van der Waals surface area contributed by atoms with Crippen molar-refractivity contribution >= 4 is 17.5 Å². The van der Waals surface area contributed by atoms with Gasteiger partial charge in [-0.2, -0.15) is 0 Å². The summed E-state index contributed by atoms with van der Waals surface area (Å²) in [6.45, 7) is 3.97. The fourth-order valence-corrected chi connectivity index (χ4v) is 2.08. The zero-order valence-corrected chi connectivity index (χ0v) is 11.3. The summed E-state index contributed by atoms with van der Waals surface area (Å²) in [7, 11) is 0. The molecule has 0 spiro atoms. The van der Waals surface area contributed by atoms with Gasteiger partial charge >= 0.3 is 0 Å². The van der Waals surface area contributed by atoms with Gasteiger partial charge in [-0.25, -0.2) is 4.98 Å². The monoisotopic (exact) mass is 266 g/mol. The topological polar surface area (TPSA) is 47.5 Å². The van der Waals surface area contributed by atoms with Crippen LogP contribution in [-0.4, -0.2) is 15.2 Å². The van der Waals surface area contributed by atoms with E-state index in [1.807, 2.05) is 36.6 Å². The Hall–Kier alpha value is -2.62. The van der Waals surface area contributed by atoms with Crippen LogP contribution in [0.15, 0.2) is 47.4 Å². The van der Waals surface area contributed by atoms with E-state index in [1.165, 1.54) is 0 Å². The Bertz CT molecular complexity index is 795. The quantitative estimate of drug-likeness (QED) is 0.539.